The van der Waals surface area contributed by atoms with Gasteiger partial charge in [0.05, 0.1) is 0 Å². The van der Waals surface area contributed by atoms with Crippen LogP contribution in [0.4, 0.5) is 0 Å². The van der Waals surface area contributed by atoms with E-state index in [-0.39, 0.29) is 13.2 Å². The van der Waals surface area contributed by atoms with E-state index in [1.807, 2.05) is 6.07 Å². The van der Waals surface area contributed by atoms with Gasteiger partial charge in [-0.3, -0.25) is 4.79 Å². The first kappa shape index (κ1) is 9.85. The Hall–Kier alpha value is -1.15. The van der Waals surface area contributed by atoms with Crippen LogP contribution >= 0.6 is 0 Å². The summed E-state index contributed by atoms with van der Waals surface area (Å²) in [6.07, 6.45) is 0. The smallest absolute Gasteiger partial charge is 0.188 e. The Bertz CT molecular complexity index is 216. The number of carbonyl (C=O) groups is 1. The summed E-state index contributed by atoms with van der Waals surface area (Å²) >= 11 is 0. The van der Waals surface area contributed by atoms with Crippen molar-refractivity contribution >= 4 is 5.78 Å². The molecule has 2 nitrogen and oxygen atoms in total. The molecule has 2 heteroatoms. The summed E-state index contributed by atoms with van der Waals surface area (Å²) < 4.78 is 0. The molecule has 0 aromatic heterocycles. The first-order valence-electron chi connectivity index (χ1n) is 3.03. The maximum atomic E-state index is 10.8. The van der Waals surface area contributed by atoms with Gasteiger partial charge in [0.25, 0.3) is 0 Å². The number of hydrogen-bond acceptors (Lipinski definition) is 2. The first-order chi connectivity index (χ1) is 4.84. The Morgan fingerprint density at radius 3 is 2.27 bits per heavy atom. The molecule has 0 amide bonds. The first-order valence-corrected chi connectivity index (χ1v) is 3.03. The molecule has 0 saturated carbocycles. The highest BCUT2D eigenvalue weighted by Crippen LogP contribution is 1.97. The molecule has 1 rings (SSSR count). The van der Waals surface area contributed by atoms with Crippen LogP contribution in [-0.4, -0.2) is 17.5 Å². The van der Waals surface area contributed by atoms with Crippen molar-refractivity contribution in [3.05, 3.63) is 35.9 Å². The van der Waals surface area contributed by atoms with Gasteiger partial charge in [-0.1, -0.05) is 37.8 Å². The minimum absolute atomic E-state index is 0. The van der Waals surface area contributed by atoms with Gasteiger partial charge >= 0.3 is 0 Å². The quantitative estimate of drug-likeness (QED) is 0.652. The average Bonchev–Trinajstić information content (AvgIpc) is 2.05. The van der Waals surface area contributed by atoms with E-state index in [0.29, 0.717) is 5.56 Å². The Kier molecular flexibility index (Phi) is 4.15. The fraction of sp³-hybridized carbons (Fsp3) is 0.222. The number of aliphatic hydroxyl groups excluding tert-OH is 1. The molecule has 0 aliphatic rings. The van der Waals surface area contributed by atoms with Gasteiger partial charge in [-0.2, -0.15) is 0 Å². The topological polar surface area (TPSA) is 37.3 Å². The van der Waals surface area contributed by atoms with E-state index < -0.39 is 6.61 Å². The maximum Gasteiger partial charge on any atom is 0.188 e. The van der Waals surface area contributed by atoms with Gasteiger partial charge in [0.15, 0.2) is 5.78 Å². The van der Waals surface area contributed by atoms with Crippen molar-refractivity contribution in [2.75, 3.05) is 6.61 Å². The van der Waals surface area contributed by atoms with Gasteiger partial charge in [-0.05, 0) is 0 Å². The molecule has 0 aliphatic heterocycles. The number of aliphatic hydroxyl groups is 1. The van der Waals surface area contributed by atoms with E-state index in [1.54, 1.807) is 24.3 Å². The average molecular weight is 152 g/mol. The molecule has 0 radical (unpaired) electrons. The molecular weight excluding hydrogens is 140 g/mol. The fourth-order valence-electron chi connectivity index (χ4n) is 0.715. The number of Topliss-reactive ketones (excluding diaryl/α,β-unsaturated/α-hetero) is 1. The van der Waals surface area contributed by atoms with E-state index in [4.69, 9.17) is 5.11 Å². The minimum atomic E-state index is -0.413. The number of rotatable bonds is 2. The highest BCUT2D eigenvalue weighted by atomic mass is 16.3. The molecule has 0 saturated heterocycles. The number of ketones is 1. The minimum Gasteiger partial charge on any atom is -0.388 e. The van der Waals surface area contributed by atoms with Crippen LogP contribution in [0.1, 0.15) is 17.8 Å². The third-order valence-corrected chi connectivity index (χ3v) is 1.24. The molecule has 1 aromatic carbocycles. The third-order valence-electron chi connectivity index (χ3n) is 1.24. The van der Waals surface area contributed by atoms with Crippen LogP contribution in [0.25, 0.3) is 0 Å². The maximum absolute atomic E-state index is 10.8. The summed E-state index contributed by atoms with van der Waals surface area (Å²) in [7, 11) is 0. The molecular formula is C9H12O2. The van der Waals surface area contributed by atoms with Crippen molar-refractivity contribution in [2.24, 2.45) is 0 Å². The Labute approximate surface area is 66.5 Å². The van der Waals surface area contributed by atoms with E-state index in [2.05, 4.69) is 0 Å². The summed E-state index contributed by atoms with van der Waals surface area (Å²) in [5.74, 6) is -0.236. The monoisotopic (exact) mass is 152 g/mol. The molecule has 1 aromatic rings. The lowest BCUT2D eigenvalue weighted by Crippen LogP contribution is -2.02. The molecule has 0 spiro atoms. The van der Waals surface area contributed by atoms with E-state index in [0.717, 1.165) is 0 Å². The zero-order valence-corrected chi connectivity index (χ0v) is 5.45. The SMILES string of the molecule is C.O=C(CO)c1ccccc1. The van der Waals surface area contributed by atoms with Crippen LogP contribution in [0.15, 0.2) is 30.3 Å². The van der Waals surface area contributed by atoms with Gasteiger partial charge < -0.3 is 5.11 Å². The molecule has 0 fully saturated rings. The highest BCUT2D eigenvalue weighted by Gasteiger charge is 1.99. The van der Waals surface area contributed by atoms with E-state index >= 15 is 0 Å². The Morgan fingerprint density at radius 1 is 1.27 bits per heavy atom. The summed E-state index contributed by atoms with van der Waals surface area (Å²) in [6, 6.07) is 8.72. The van der Waals surface area contributed by atoms with Crippen LogP contribution in [-0.2, 0) is 0 Å². The second-order valence-corrected chi connectivity index (χ2v) is 1.95. The van der Waals surface area contributed by atoms with E-state index in [9.17, 15) is 4.79 Å². The lowest BCUT2D eigenvalue weighted by molar-refractivity contribution is 0.0904. The highest BCUT2D eigenvalue weighted by molar-refractivity contribution is 5.96. The van der Waals surface area contributed by atoms with Gasteiger partial charge in [-0.25, -0.2) is 0 Å². The summed E-state index contributed by atoms with van der Waals surface area (Å²) in [4.78, 5) is 10.8. The van der Waals surface area contributed by atoms with Crippen molar-refractivity contribution in [1.82, 2.24) is 0 Å². The molecule has 0 heterocycles. The lowest BCUT2D eigenvalue weighted by atomic mass is 10.1. The normalized spacial score (nSPS) is 8.45. The Morgan fingerprint density at radius 2 is 1.82 bits per heavy atom. The van der Waals surface area contributed by atoms with Crippen molar-refractivity contribution < 1.29 is 9.90 Å². The molecule has 0 aliphatic carbocycles. The summed E-state index contributed by atoms with van der Waals surface area (Å²) in [5.41, 5.74) is 0.560. The van der Waals surface area contributed by atoms with Gasteiger partial charge in [0, 0.05) is 5.56 Å². The van der Waals surface area contributed by atoms with E-state index in [1.165, 1.54) is 0 Å². The Balaban J connectivity index is 0.000001000. The standard InChI is InChI=1S/C8H8O2.CH4/c9-6-8(10)7-4-2-1-3-5-7;/h1-5,9H,6H2;1H4. The van der Waals surface area contributed by atoms with Crippen LogP contribution in [0.3, 0.4) is 0 Å². The van der Waals surface area contributed by atoms with Crippen LogP contribution in [0.5, 0.6) is 0 Å². The predicted octanol–water partition coefficient (Wildman–Crippen LogP) is 1.50. The van der Waals surface area contributed by atoms with Crippen LogP contribution < -0.4 is 0 Å². The molecule has 0 atom stereocenters. The second kappa shape index (κ2) is 4.63. The molecule has 11 heavy (non-hydrogen) atoms. The fourth-order valence-corrected chi connectivity index (χ4v) is 0.715. The molecule has 60 valence electrons. The van der Waals surface area contributed by atoms with Crippen LogP contribution in [0, 0.1) is 0 Å². The van der Waals surface area contributed by atoms with Crippen molar-refractivity contribution in [3.8, 4) is 0 Å². The molecule has 0 unspecified atom stereocenters. The lowest BCUT2D eigenvalue weighted by Gasteiger charge is -1.93. The summed E-state index contributed by atoms with van der Waals surface area (Å²) in [6.45, 7) is -0.413. The third kappa shape index (κ3) is 2.51. The second-order valence-electron chi connectivity index (χ2n) is 1.95. The zero-order chi connectivity index (χ0) is 7.40. The van der Waals surface area contributed by atoms with Gasteiger partial charge in [0.1, 0.15) is 6.61 Å². The van der Waals surface area contributed by atoms with Crippen molar-refractivity contribution in [3.63, 3.8) is 0 Å². The van der Waals surface area contributed by atoms with Crippen molar-refractivity contribution in [2.45, 2.75) is 7.43 Å². The van der Waals surface area contributed by atoms with Crippen LogP contribution in [0.2, 0.25) is 0 Å². The number of benzene rings is 1. The predicted molar refractivity (Wildman–Crippen MR) is 44.6 cm³/mol. The number of carbonyl (C=O) groups excluding carboxylic acids is 1. The number of hydrogen-bond donors (Lipinski definition) is 1. The molecule has 1 N–H and O–H groups in total. The molecule has 0 bridgehead atoms. The van der Waals surface area contributed by atoms with Gasteiger partial charge in [-0.15, -0.1) is 0 Å². The van der Waals surface area contributed by atoms with Gasteiger partial charge in [0.2, 0.25) is 0 Å². The summed E-state index contributed by atoms with van der Waals surface area (Å²) in [5, 5.41) is 8.44. The zero-order valence-electron chi connectivity index (χ0n) is 5.45. The largest absolute Gasteiger partial charge is 0.388 e. The van der Waals surface area contributed by atoms with Crippen molar-refractivity contribution in [1.29, 1.82) is 0 Å².